The van der Waals surface area contributed by atoms with Crippen LogP contribution in [-0.2, 0) is 27.3 Å². The van der Waals surface area contributed by atoms with E-state index < -0.39 is 6.68 Å². The van der Waals surface area contributed by atoms with Crippen LogP contribution in [0.1, 0.15) is 0 Å². The second kappa shape index (κ2) is 4.71. The zero-order valence-corrected chi connectivity index (χ0v) is 6.38. The maximum atomic E-state index is 9.58. The van der Waals surface area contributed by atoms with E-state index >= 15 is 0 Å². The van der Waals surface area contributed by atoms with Crippen molar-refractivity contribution in [2.45, 2.75) is 0 Å². The molecule has 0 bridgehead atoms. The molecule has 0 saturated heterocycles. The molecule has 0 aliphatic heterocycles. The third kappa shape index (κ3) is 68.4. The molecule has 28 valence electrons. The smallest absolute Gasteiger partial charge is 0.154 e. The van der Waals surface area contributed by atoms with Crippen LogP contribution >= 0.6 is 0 Å². The molecule has 0 N–H and O–H groups in total. The molecule has 0 spiro atoms. The van der Waals surface area contributed by atoms with E-state index in [0.29, 0.717) is 0 Å². The summed E-state index contributed by atoms with van der Waals surface area (Å²) in [6.45, 7) is -3.08. The van der Waals surface area contributed by atoms with Crippen LogP contribution < -0.4 is 0 Å². The van der Waals surface area contributed by atoms with Gasteiger partial charge in [-0.25, -0.2) is 0 Å². The summed E-state index contributed by atoms with van der Waals surface area (Å²) in [5.74, 6) is 0. The van der Waals surface area contributed by atoms with Crippen LogP contribution in [0.5, 0.6) is 0 Å². The van der Waals surface area contributed by atoms with Crippen molar-refractivity contribution in [1.82, 2.24) is 0 Å². The average Bonchev–Trinajstić information content (AvgIpc) is 0.811. The molecule has 0 aliphatic rings. The summed E-state index contributed by atoms with van der Waals surface area (Å²) in [4.78, 5) is 0. The Morgan fingerprint density at radius 2 is 1.00 bits per heavy atom. The summed E-state index contributed by atoms with van der Waals surface area (Å²) in [5.41, 5.74) is 0. The molecule has 5 heavy (non-hydrogen) atoms. The first-order chi connectivity index (χ1) is 1.73. The van der Waals surface area contributed by atoms with Gasteiger partial charge in [0.25, 0.3) is 0 Å². The number of hydrogen-bond acceptors (Lipinski definition) is 0. The van der Waals surface area contributed by atoms with Crippen molar-refractivity contribution in [3.63, 3.8) is 0 Å². The van der Waals surface area contributed by atoms with Crippen LogP contribution in [0.2, 0.25) is 0 Å². The van der Waals surface area contributed by atoms with Gasteiger partial charge >= 0.3 is 0 Å². The van der Waals surface area contributed by atoms with Crippen LogP contribution in [0.25, 0.3) is 0 Å². The number of rotatable bonds is 0. The maximum Gasteiger partial charge on any atom is 0.154 e. The Hall–Kier alpha value is 0.712. The number of halogens is 3. The zero-order valence-electron chi connectivity index (χ0n) is 2.34. The van der Waals surface area contributed by atoms with Gasteiger partial charge in [-0.3, -0.25) is 0 Å². The molecule has 0 fully saturated rings. The fourth-order valence-corrected chi connectivity index (χ4v) is 0. The molecular formula is CCdF3-. The van der Waals surface area contributed by atoms with Gasteiger partial charge in [-0.05, 0) is 0 Å². The van der Waals surface area contributed by atoms with Crippen molar-refractivity contribution >= 4 is 0 Å². The second-order valence-corrected chi connectivity index (χ2v) is 0.214. The van der Waals surface area contributed by atoms with Gasteiger partial charge < -0.3 is 13.2 Å². The molecule has 0 nitrogen and oxygen atoms in total. The van der Waals surface area contributed by atoms with Gasteiger partial charge in [-0.2, -0.15) is 0 Å². The maximum absolute atomic E-state index is 9.58. The summed E-state index contributed by atoms with van der Waals surface area (Å²) in [5, 5.41) is 0. The monoisotopic (exact) mass is 183 g/mol. The standard InChI is InChI=1S/CF3.Cd/c2-1(3)4;/q-1;. The van der Waals surface area contributed by atoms with Crippen molar-refractivity contribution in [2.24, 2.45) is 0 Å². The molecular weight excluding hydrogens is 181 g/mol. The fraction of sp³-hybridized carbons (Fsp3) is 0. The van der Waals surface area contributed by atoms with Crippen LogP contribution in [0.15, 0.2) is 0 Å². The Labute approximate surface area is 47.5 Å². The van der Waals surface area contributed by atoms with Crippen molar-refractivity contribution < 1.29 is 40.5 Å². The molecule has 4 heteroatoms. The van der Waals surface area contributed by atoms with Gasteiger partial charge in [-0.1, -0.05) is 0 Å². The van der Waals surface area contributed by atoms with Gasteiger partial charge in [-0.15, -0.1) is 0 Å². The molecule has 0 atom stereocenters. The Bertz CT molecular complexity index is 11.6. The predicted octanol–water partition coefficient (Wildman–Crippen LogP) is 1.34. The van der Waals surface area contributed by atoms with Gasteiger partial charge in [0.1, 0.15) is 0 Å². The first-order valence-corrected chi connectivity index (χ1v) is 0.567. The normalized spacial score (nSPS) is 7.20. The van der Waals surface area contributed by atoms with Crippen molar-refractivity contribution in [3.8, 4) is 0 Å². The molecule has 0 aromatic rings. The van der Waals surface area contributed by atoms with Gasteiger partial charge in [0.05, 0.1) is 0 Å². The van der Waals surface area contributed by atoms with Crippen LogP contribution in [-0.4, -0.2) is 0 Å². The third-order valence-corrected chi connectivity index (χ3v) is 0. The first-order valence-electron chi connectivity index (χ1n) is 0.567. The Morgan fingerprint density at radius 1 is 1.00 bits per heavy atom. The SMILES string of the molecule is F[C-](F)F.[Cd]. The minimum atomic E-state index is -3.08. The topological polar surface area (TPSA) is 0 Å². The molecule has 0 radical (unpaired) electrons. The summed E-state index contributed by atoms with van der Waals surface area (Å²) in [6, 6.07) is 0. The second-order valence-electron chi connectivity index (χ2n) is 0.214. The quantitative estimate of drug-likeness (QED) is 0.391. The minimum absolute atomic E-state index is 0. The summed E-state index contributed by atoms with van der Waals surface area (Å²) in [6.07, 6.45) is 0. The molecule has 0 aromatic carbocycles. The molecule has 0 amide bonds. The van der Waals surface area contributed by atoms with Crippen molar-refractivity contribution in [1.29, 1.82) is 0 Å². The summed E-state index contributed by atoms with van der Waals surface area (Å²) >= 11 is 0. The van der Waals surface area contributed by atoms with Gasteiger partial charge in [0.15, 0.2) is 6.68 Å². The third-order valence-electron chi connectivity index (χ3n) is 0. The van der Waals surface area contributed by atoms with E-state index in [-0.39, 0.29) is 27.3 Å². The van der Waals surface area contributed by atoms with Crippen LogP contribution in [0.3, 0.4) is 0 Å². The Kier molecular flexibility index (Phi) is 8.67. The van der Waals surface area contributed by atoms with E-state index in [9.17, 15) is 13.2 Å². The van der Waals surface area contributed by atoms with Crippen LogP contribution in [0.4, 0.5) is 13.2 Å². The van der Waals surface area contributed by atoms with Crippen molar-refractivity contribution in [2.75, 3.05) is 0 Å². The molecule has 0 rings (SSSR count). The van der Waals surface area contributed by atoms with E-state index in [1.165, 1.54) is 0 Å². The predicted molar refractivity (Wildman–Crippen MR) is 6.57 cm³/mol. The van der Waals surface area contributed by atoms with E-state index in [1.807, 2.05) is 0 Å². The summed E-state index contributed by atoms with van der Waals surface area (Å²) in [7, 11) is 0. The molecule has 0 aliphatic carbocycles. The minimum Gasteiger partial charge on any atom is -0.385 e. The molecule has 0 aromatic heterocycles. The first kappa shape index (κ1) is 9.20. The summed E-state index contributed by atoms with van der Waals surface area (Å²) < 4.78 is 28.8. The Morgan fingerprint density at radius 3 is 1.00 bits per heavy atom. The van der Waals surface area contributed by atoms with E-state index in [0.717, 1.165) is 0 Å². The van der Waals surface area contributed by atoms with Crippen LogP contribution in [0, 0.1) is 6.68 Å². The largest absolute Gasteiger partial charge is 0.385 e. The van der Waals surface area contributed by atoms with E-state index in [4.69, 9.17) is 0 Å². The van der Waals surface area contributed by atoms with E-state index in [2.05, 4.69) is 0 Å². The fourth-order valence-electron chi connectivity index (χ4n) is 0. The number of hydrogen-bond donors (Lipinski definition) is 0. The molecule has 0 heterocycles. The average molecular weight is 181 g/mol. The van der Waals surface area contributed by atoms with E-state index in [1.54, 1.807) is 0 Å². The zero-order chi connectivity index (χ0) is 3.58. The molecule has 0 unspecified atom stereocenters. The van der Waals surface area contributed by atoms with Crippen molar-refractivity contribution in [3.05, 3.63) is 6.68 Å². The van der Waals surface area contributed by atoms with Gasteiger partial charge in [0, 0.05) is 27.3 Å². The molecule has 0 saturated carbocycles. The Balaban J connectivity index is 0. The van der Waals surface area contributed by atoms with Gasteiger partial charge in [0.2, 0.25) is 0 Å².